The molecule has 2 aliphatic heterocycles. The number of halogens is 2. The first kappa shape index (κ1) is 15.1. The van der Waals surface area contributed by atoms with Crippen LogP contribution in [0.4, 0.5) is 0 Å². The summed E-state index contributed by atoms with van der Waals surface area (Å²) in [6.45, 7) is 2.92. The molecule has 2 atom stereocenters. The minimum atomic E-state index is 0. The number of piperidine rings is 1. The maximum Gasteiger partial charge on any atom is 0.253 e. The molecule has 1 N–H and O–H groups in total. The van der Waals surface area contributed by atoms with Gasteiger partial charge in [-0.1, -0.05) is 6.07 Å². The molecular formula is C14H18ClIN2O. The zero-order valence-corrected chi connectivity index (χ0v) is 13.6. The topological polar surface area (TPSA) is 32.3 Å². The molecule has 1 aromatic carbocycles. The number of likely N-dealkylation sites (tertiary alicyclic amines) is 1. The molecule has 0 aromatic heterocycles. The highest BCUT2D eigenvalue weighted by Crippen LogP contribution is 2.25. The molecule has 0 saturated carbocycles. The molecule has 1 amide bonds. The molecule has 3 nitrogen and oxygen atoms in total. The van der Waals surface area contributed by atoms with Crippen molar-refractivity contribution in [2.45, 2.75) is 18.9 Å². The third-order valence-corrected chi connectivity index (χ3v) is 4.69. The predicted octanol–water partition coefficient (Wildman–Crippen LogP) is 2.54. The Morgan fingerprint density at radius 1 is 1.37 bits per heavy atom. The summed E-state index contributed by atoms with van der Waals surface area (Å²) in [6, 6.07) is 8.51. The van der Waals surface area contributed by atoms with Crippen LogP contribution in [0, 0.1) is 9.49 Å². The van der Waals surface area contributed by atoms with E-state index >= 15 is 0 Å². The Bertz CT molecular complexity index is 469. The van der Waals surface area contributed by atoms with E-state index in [1.54, 1.807) is 0 Å². The minimum Gasteiger partial charge on any atom is -0.338 e. The van der Waals surface area contributed by atoms with Crippen LogP contribution in [0.25, 0.3) is 0 Å². The molecular weight excluding hydrogens is 375 g/mol. The largest absolute Gasteiger partial charge is 0.338 e. The van der Waals surface area contributed by atoms with Gasteiger partial charge in [0.15, 0.2) is 0 Å². The number of carbonyl (C=O) groups is 1. The highest BCUT2D eigenvalue weighted by Gasteiger charge is 2.34. The molecule has 2 aliphatic rings. The van der Waals surface area contributed by atoms with E-state index in [9.17, 15) is 4.79 Å². The van der Waals surface area contributed by atoms with Crippen LogP contribution >= 0.6 is 35.0 Å². The van der Waals surface area contributed by atoms with Crippen molar-refractivity contribution in [2.75, 3.05) is 19.6 Å². The van der Waals surface area contributed by atoms with Gasteiger partial charge in [0, 0.05) is 28.3 Å². The predicted molar refractivity (Wildman–Crippen MR) is 86.8 cm³/mol. The second kappa shape index (κ2) is 6.41. The van der Waals surface area contributed by atoms with Crippen LogP contribution in [-0.4, -0.2) is 36.5 Å². The van der Waals surface area contributed by atoms with Gasteiger partial charge in [0.25, 0.3) is 5.91 Å². The van der Waals surface area contributed by atoms with Gasteiger partial charge in [-0.3, -0.25) is 4.79 Å². The summed E-state index contributed by atoms with van der Waals surface area (Å²) in [5.41, 5.74) is 0.825. The second-order valence-electron chi connectivity index (χ2n) is 5.16. The summed E-state index contributed by atoms with van der Waals surface area (Å²) < 4.78 is 1.12. The molecule has 0 spiro atoms. The Balaban J connectivity index is 0.00000133. The van der Waals surface area contributed by atoms with Crippen molar-refractivity contribution in [3.8, 4) is 0 Å². The first-order valence-corrected chi connectivity index (χ1v) is 7.60. The Labute approximate surface area is 133 Å². The molecule has 2 fully saturated rings. The van der Waals surface area contributed by atoms with Gasteiger partial charge < -0.3 is 10.2 Å². The number of hydrogen-bond donors (Lipinski definition) is 1. The fourth-order valence-electron chi connectivity index (χ4n) is 3.04. The minimum absolute atomic E-state index is 0. The van der Waals surface area contributed by atoms with Crippen LogP contribution in [0.2, 0.25) is 0 Å². The zero-order valence-electron chi connectivity index (χ0n) is 10.6. The Morgan fingerprint density at radius 3 is 3.00 bits per heavy atom. The Kier molecular flexibility index (Phi) is 5.09. The van der Waals surface area contributed by atoms with Crippen LogP contribution in [0.3, 0.4) is 0 Å². The van der Waals surface area contributed by atoms with Crippen molar-refractivity contribution in [3.63, 3.8) is 0 Å². The molecule has 104 valence electrons. The van der Waals surface area contributed by atoms with Crippen molar-refractivity contribution >= 4 is 40.9 Å². The van der Waals surface area contributed by atoms with Crippen LogP contribution in [0.5, 0.6) is 0 Å². The van der Waals surface area contributed by atoms with Crippen molar-refractivity contribution < 1.29 is 4.79 Å². The maximum absolute atomic E-state index is 12.4. The van der Waals surface area contributed by atoms with Crippen molar-refractivity contribution in [3.05, 3.63) is 33.4 Å². The van der Waals surface area contributed by atoms with E-state index in [2.05, 4.69) is 27.9 Å². The first-order valence-electron chi connectivity index (χ1n) is 6.52. The van der Waals surface area contributed by atoms with Crippen LogP contribution in [0.1, 0.15) is 23.2 Å². The van der Waals surface area contributed by atoms with Gasteiger partial charge in [-0.25, -0.2) is 0 Å². The number of benzene rings is 1. The molecule has 0 radical (unpaired) electrons. The summed E-state index contributed by atoms with van der Waals surface area (Å²) in [5.74, 6) is 0.851. The molecule has 0 bridgehead atoms. The molecule has 19 heavy (non-hydrogen) atoms. The number of rotatable bonds is 1. The molecule has 5 heteroatoms. The lowest BCUT2D eigenvalue weighted by Gasteiger charge is -2.35. The molecule has 3 rings (SSSR count). The van der Waals surface area contributed by atoms with Gasteiger partial charge in [-0.15, -0.1) is 12.4 Å². The third kappa shape index (κ3) is 3.23. The van der Waals surface area contributed by atoms with Crippen LogP contribution in [0.15, 0.2) is 24.3 Å². The van der Waals surface area contributed by atoms with Gasteiger partial charge >= 0.3 is 0 Å². The van der Waals surface area contributed by atoms with E-state index in [-0.39, 0.29) is 18.3 Å². The van der Waals surface area contributed by atoms with E-state index in [1.807, 2.05) is 29.2 Å². The number of carbonyl (C=O) groups excluding carboxylic acids is 1. The van der Waals surface area contributed by atoms with Gasteiger partial charge in [0.05, 0.1) is 0 Å². The highest BCUT2D eigenvalue weighted by atomic mass is 127. The monoisotopic (exact) mass is 392 g/mol. The second-order valence-corrected chi connectivity index (χ2v) is 6.41. The summed E-state index contributed by atoms with van der Waals surface area (Å²) >= 11 is 2.25. The van der Waals surface area contributed by atoms with E-state index in [0.717, 1.165) is 35.2 Å². The normalized spacial score (nSPS) is 25.6. The van der Waals surface area contributed by atoms with Gasteiger partial charge in [-0.2, -0.15) is 0 Å². The standard InChI is InChI=1S/C14H17IN2O.ClH/c15-12-3-1-2-10(8-12)14(18)17-7-5-13-11(9-17)4-6-16-13;/h1-3,8,11,13,16H,4-7,9H2;1H. The van der Waals surface area contributed by atoms with Crippen molar-refractivity contribution in [2.24, 2.45) is 5.92 Å². The molecule has 0 aliphatic carbocycles. The van der Waals surface area contributed by atoms with E-state index in [4.69, 9.17) is 0 Å². The zero-order chi connectivity index (χ0) is 12.5. The lowest BCUT2D eigenvalue weighted by Crippen LogP contribution is -2.46. The van der Waals surface area contributed by atoms with E-state index in [0.29, 0.717) is 12.0 Å². The van der Waals surface area contributed by atoms with Gasteiger partial charge in [0.1, 0.15) is 0 Å². The summed E-state index contributed by atoms with van der Waals surface area (Å²) in [4.78, 5) is 14.5. The van der Waals surface area contributed by atoms with Gasteiger partial charge in [-0.05, 0) is 66.1 Å². The fourth-order valence-corrected chi connectivity index (χ4v) is 3.58. The Hall–Kier alpha value is -0.330. The van der Waals surface area contributed by atoms with E-state index in [1.165, 1.54) is 6.42 Å². The molecule has 1 aromatic rings. The van der Waals surface area contributed by atoms with Crippen molar-refractivity contribution in [1.82, 2.24) is 10.2 Å². The molecule has 2 unspecified atom stereocenters. The van der Waals surface area contributed by atoms with Crippen LogP contribution < -0.4 is 5.32 Å². The SMILES string of the molecule is Cl.O=C(c1cccc(I)c1)N1CCC2NCCC2C1. The molecule has 2 saturated heterocycles. The quantitative estimate of drug-likeness (QED) is 0.745. The summed E-state index contributed by atoms with van der Waals surface area (Å²) in [5, 5.41) is 3.53. The third-order valence-electron chi connectivity index (χ3n) is 4.01. The lowest BCUT2D eigenvalue weighted by atomic mass is 9.93. The van der Waals surface area contributed by atoms with Gasteiger partial charge in [0.2, 0.25) is 0 Å². The number of fused-ring (bicyclic) bond motifs is 1. The Morgan fingerprint density at radius 2 is 2.21 bits per heavy atom. The first-order chi connectivity index (χ1) is 8.74. The molecule has 2 heterocycles. The number of nitrogens with one attached hydrogen (secondary N) is 1. The smallest absolute Gasteiger partial charge is 0.253 e. The van der Waals surface area contributed by atoms with E-state index < -0.39 is 0 Å². The van der Waals surface area contributed by atoms with Crippen LogP contribution in [-0.2, 0) is 0 Å². The average Bonchev–Trinajstić information content (AvgIpc) is 2.85. The number of hydrogen-bond acceptors (Lipinski definition) is 2. The summed E-state index contributed by atoms with van der Waals surface area (Å²) in [6.07, 6.45) is 2.31. The summed E-state index contributed by atoms with van der Waals surface area (Å²) in [7, 11) is 0. The lowest BCUT2D eigenvalue weighted by molar-refractivity contribution is 0.0662. The highest BCUT2D eigenvalue weighted by molar-refractivity contribution is 14.1. The fraction of sp³-hybridized carbons (Fsp3) is 0.500. The van der Waals surface area contributed by atoms with Crippen molar-refractivity contribution in [1.29, 1.82) is 0 Å². The number of amides is 1. The average molecular weight is 393 g/mol. The number of nitrogens with zero attached hydrogens (tertiary/aromatic N) is 1. The maximum atomic E-state index is 12.4.